The highest BCUT2D eigenvalue weighted by molar-refractivity contribution is 8.24. The molecular formula is C22H16Cl2FNO3S2. The van der Waals surface area contributed by atoms with E-state index in [0.717, 1.165) is 5.56 Å². The van der Waals surface area contributed by atoms with Crippen LogP contribution in [0, 0.1) is 5.82 Å². The summed E-state index contributed by atoms with van der Waals surface area (Å²) >= 11 is 19.5. The Balaban J connectivity index is 1.43. The predicted octanol–water partition coefficient (Wildman–Crippen LogP) is 6.28. The lowest BCUT2D eigenvalue weighted by Crippen LogP contribution is -2.31. The molecule has 1 fully saturated rings. The van der Waals surface area contributed by atoms with E-state index in [1.165, 1.54) is 23.9 Å². The number of thiocarbonyl (C=S) groups is 1. The molecule has 2 aromatic carbocycles. The molecule has 0 radical (unpaired) electrons. The van der Waals surface area contributed by atoms with Gasteiger partial charge >= 0.3 is 0 Å². The molecule has 0 aliphatic carbocycles. The van der Waals surface area contributed by atoms with Crippen LogP contribution in [0.4, 0.5) is 4.39 Å². The number of nitrogens with zero attached hydrogens (tertiary/aromatic N) is 1. The second-order valence-corrected chi connectivity index (χ2v) is 9.54. The summed E-state index contributed by atoms with van der Waals surface area (Å²) in [6.07, 6.45) is 1.98. The molecule has 1 atom stereocenters. The van der Waals surface area contributed by atoms with Gasteiger partial charge in [0, 0.05) is 0 Å². The number of thioether (sulfide) groups is 1. The van der Waals surface area contributed by atoms with E-state index >= 15 is 0 Å². The molecule has 0 saturated carbocycles. The van der Waals surface area contributed by atoms with Crippen LogP contribution < -0.4 is 4.74 Å². The molecule has 2 heterocycles. The summed E-state index contributed by atoms with van der Waals surface area (Å²) in [5.41, 5.74) is 1.45. The van der Waals surface area contributed by atoms with Gasteiger partial charge in [0.1, 0.15) is 22.5 Å². The molecule has 9 heteroatoms. The number of hydrogen-bond donors (Lipinski definition) is 0. The topological polar surface area (TPSA) is 42.7 Å². The number of halogens is 3. The summed E-state index contributed by atoms with van der Waals surface area (Å²) in [7, 11) is 0. The van der Waals surface area contributed by atoms with Crippen LogP contribution >= 0.6 is 47.2 Å². The first-order chi connectivity index (χ1) is 14.9. The number of ether oxygens (including phenoxy) is 1. The average Bonchev–Trinajstić information content (AvgIpc) is 3.32. The Bertz CT molecular complexity index is 1100. The SMILES string of the molecule is O=C1[C@H](Cc2cc(Cl)c(OCc3cccc(F)c3)c(Cl)c2)SC(=S)N1Cc1ccco1. The fraction of sp³-hybridized carbons (Fsp3) is 0.182. The number of carbonyl (C=O) groups is 1. The summed E-state index contributed by atoms with van der Waals surface area (Å²) in [5, 5.41) is 0.280. The molecule has 1 aliphatic rings. The van der Waals surface area contributed by atoms with Gasteiger partial charge in [-0.15, -0.1) is 0 Å². The van der Waals surface area contributed by atoms with Crippen LogP contribution in [0.3, 0.4) is 0 Å². The third kappa shape index (κ3) is 5.23. The molecule has 3 aromatic rings. The van der Waals surface area contributed by atoms with E-state index in [4.69, 9.17) is 44.6 Å². The molecule has 0 N–H and O–H groups in total. The Hall–Kier alpha value is -2.06. The van der Waals surface area contributed by atoms with Gasteiger partial charge in [-0.3, -0.25) is 9.69 Å². The second-order valence-electron chi connectivity index (χ2n) is 6.89. The highest BCUT2D eigenvalue weighted by Crippen LogP contribution is 2.37. The van der Waals surface area contributed by atoms with Gasteiger partial charge in [0.15, 0.2) is 5.75 Å². The van der Waals surface area contributed by atoms with Crippen LogP contribution in [0.5, 0.6) is 5.75 Å². The maximum atomic E-state index is 13.3. The molecule has 0 bridgehead atoms. The molecule has 0 unspecified atom stereocenters. The maximum absolute atomic E-state index is 13.3. The number of benzene rings is 2. The van der Waals surface area contributed by atoms with Gasteiger partial charge in [-0.1, -0.05) is 59.3 Å². The number of rotatable bonds is 7. The lowest BCUT2D eigenvalue weighted by molar-refractivity contribution is -0.126. The van der Waals surface area contributed by atoms with Gasteiger partial charge < -0.3 is 9.15 Å². The minimum atomic E-state index is -0.367. The molecule has 4 nitrogen and oxygen atoms in total. The van der Waals surface area contributed by atoms with Crippen LogP contribution in [0.25, 0.3) is 0 Å². The van der Waals surface area contributed by atoms with Crippen molar-refractivity contribution < 1.29 is 18.3 Å². The first-order valence-electron chi connectivity index (χ1n) is 9.30. The molecule has 31 heavy (non-hydrogen) atoms. The van der Waals surface area contributed by atoms with Gasteiger partial charge in [-0.05, 0) is 53.9 Å². The van der Waals surface area contributed by atoms with Crippen LogP contribution in [-0.4, -0.2) is 20.4 Å². The third-order valence-corrected chi connectivity index (χ3v) is 6.80. The largest absolute Gasteiger partial charge is 0.486 e. The molecule has 160 valence electrons. The Morgan fingerprint density at radius 1 is 1.13 bits per heavy atom. The Morgan fingerprint density at radius 2 is 1.90 bits per heavy atom. The molecule has 1 aliphatic heterocycles. The van der Waals surface area contributed by atoms with Crippen molar-refractivity contribution in [3.8, 4) is 5.75 Å². The molecule has 4 rings (SSSR count). The molecule has 1 saturated heterocycles. The first-order valence-corrected chi connectivity index (χ1v) is 11.3. The van der Waals surface area contributed by atoms with Crippen LogP contribution in [0.2, 0.25) is 10.0 Å². The lowest BCUT2D eigenvalue weighted by Gasteiger charge is -2.15. The van der Waals surface area contributed by atoms with E-state index in [1.54, 1.807) is 47.6 Å². The Labute approximate surface area is 198 Å². The quantitative estimate of drug-likeness (QED) is 0.361. The standard InChI is InChI=1S/C22H16Cl2FNO3S2/c23-17-8-14(9-18(24)20(17)29-12-13-3-1-4-15(25)7-13)10-19-21(27)26(22(30)31-19)11-16-5-2-6-28-16/h1-9,19H,10-12H2/t19-/m0/s1. The Morgan fingerprint density at radius 3 is 2.58 bits per heavy atom. The second kappa shape index (κ2) is 9.61. The van der Waals surface area contributed by atoms with Gasteiger partial charge in [0.05, 0.1) is 28.1 Å². The van der Waals surface area contributed by atoms with Crippen molar-refractivity contribution in [2.75, 3.05) is 0 Å². The normalized spacial score (nSPS) is 16.2. The summed E-state index contributed by atoms with van der Waals surface area (Å²) in [6.45, 7) is 0.437. The van der Waals surface area contributed by atoms with E-state index in [0.29, 0.717) is 44.4 Å². The zero-order chi connectivity index (χ0) is 22.0. The van der Waals surface area contributed by atoms with Crippen molar-refractivity contribution in [3.05, 3.63) is 87.5 Å². The number of carbonyl (C=O) groups excluding carboxylic acids is 1. The summed E-state index contributed by atoms with van der Waals surface area (Å²) in [4.78, 5) is 14.4. The summed E-state index contributed by atoms with van der Waals surface area (Å²) < 4.78 is 24.9. The Kier molecular flexibility index (Phi) is 6.86. The first kappa shape index (κ1) is 22.1. The third-order valence-electron chi connectivity index (χ3n) is 4.65. The fourth-order valence-electron chi connectivity index (χ4n) is 3.19. The van der Waals surface area contributed by atoms with E-state index in [1.807, 2.05) is 0 Å². The van der Waals surface area contributed by atoms with Gasteiger partial charge in [0.2, 0.25) is 5.91 Å². The number of furan rings is 1. The number of amides is 1. The van der Waals surface area contributed by atoms with Crippen molar-refractivity contribution in [3.63, 3.8) is 0 Å². The van der Waals surface area contributed by atoms with Crippen molar-refractivity contribution in [2.24, 2.45) is 0 Å². The van der Waals surface area contributed by atoms with E-state index in [9.17, 15) is 9.18 Å². The highest BCUT2D eigenvalue weighted by Gasteiger charge is 2.37. The average molecular weight is 496 g/mol. The number of hydrogen-bond acceptors (Lipinski definition) is 5. The molecule has 1 aromatic heterocycles. The smallest absolute Gasteiger partial charge is 0.242 e. The van der Waals surface area contributed by atoms with E-state index in [2.05, 4.69) is 0 Å². The highest BCUT2D eigenvalue weighted by atomic mass is 35.5. The molecule has 0 spiro atoms. The zero-order valence-corrected chi connectivity index (χ0v) is 19.2. The van der Waals surface area contributed by atoms with Crippen molar-refractivity contribution in [1.29, 1.82) is 0 Å². The summed E-state index contributed by atoms with van der Waals surface area (Å²) in [6, 6.07) is 13.1. The summed E-state index contributed by atoms with van der Waals surface area (Å²) in [5.74, 6) is 0.566. The minimum Gasteiger partial charge on any atom is -0.486 e. The van der Waals surface area contributed by atoms with Crippen molar-refractivity contribution >= 4 is 57.4 Å². The minimum absolute atomic E-state index is 0.0786. The fourth-order valence-corrected chi connectivity index (χ4v) is 5.37. The van der Waals surface area contributed by atoms with Gasteiger partial charge in [-0.25, -0.2) is 4.39 Å². The van der Waals surface area contributed by atoms with E-state index < -0.39 is 0 Å². The zero-order valence-electron chi connectivity index (χ0n) is 16.0. The van der Waals surface area contributed by atoms with Crippen LogP contribution in [0.15, 0.2) is 59.2 Å². The predicted molar refractivity (Wildman–Crippen MR) is 124 cm³/mol. The van der Waals surface area contributed by atoms with Crippen molar-refractivity contribution in [2.45, 2.75) is 24.8 Å². The monoisotopic (exact) mass is 495 g/mol. The van der Waals surface area contributed by atoms with Gasteiger partial charge in [0.25, 0.3) is 0 Å². The van der Waals surface area contributed by atoms with E-state index in [-0.39, 0.29) is 23.6 Å². The van der Waals surface area contributed by atoms with Crippen LogP contribution in [0.1, 0.15) is 16.9 Å². The lowest BCUT2D eigenvalue weighted by atomic mass is 10.1. The van der Waals surface area contributed by atoms with Crippen molar-refractivity contribution in [1.82, 2.24) is 4.90 Å². The molecule has 1 amide bonds. The molecular weight excluding hydrogens is 480 g/mol. The maximum Gasteiger partial charge on any atom is 0.242 e. The van der Waals surface area contributed by atoms with Gasteiger partial charge in [-0.2, -0.15) is 0 Å². The van der Waals surface area contributed by atoms with Crippen LogP contribution in [-0.2, 0) is 24.4 Å².